The summed E-state index contributed by atoms with van der Waals surface area (Å²) in [7, 11) is 1.88. The SMILES string of the molecule is Cc1occc1-c1nnc(SCC(=O)c2ccc(Br)cc2)n1C. The summed E-state index contributed by atoms with van der Waals surface area (Å²) in [5.41, 5.74) is 1.60. The Morgan fingerprint density at radius 1 is 1.26 bits per heavy atom. The van der Waals surface area contributed by atoms with Crippen molar-refractivity contribution < 1.29 is 9.21 Å². The number of hydrogen-bond donors (Lipinski definition) is 0. The Morgan fingerprint density at radius 3 is 2.65 bits per heavy atom. The number of thioether (sulfide) groups is 1. The zero-order chi connectivity index (χ0) is 16.4. The molecule has 2 aromatic heterocycles. The second kappa shape index (κ2) is 6.72. The molecule has 0 fully saturated rings. The van der Waals surface area contributed by atoms with Crippen LogP contribution in [-0.4, -0.2) is 26.3 Å². The quantitative estimate of drug-likeness (QED) is 0.483. The summed E-state index contributed by atoms with van der Waals surface area (Å²) in [6.07, 6.45) is 1.63. The van der Waals surface area contributed by atoms with Crippen molar-refractivity contribution >= 4 is 33.5 Å². The van der Waals surface area contributed by atoms with E-state index in [9.17, 15) is 4.79 Å². The van der Waals surface area contributed by atoms with E-state index in [2.05, 4.69) is 26.1 Å². The number of aromatic nitrogens is 3. The van der Waals surface area contributed by atoms with Crippen LogP contribution in [0.5, 0.6) is 0 Å². The molecule has 0 amide bonds. The highest BCUT2D eigenvalue weighted by Gasteiger charge is 2.16. The Balaban J connectivity index is 1.72. The van der Waals surface area contributed by atoms with E-state index in [1.54, 1.807) is 6.26 Å². The zero-order valence-corrected chi connectivity index (χ0v) is 15.0. The van der Waals surface area contributed by atoms with Gasteiger partial charge in [-0.05, 0) is 25.1 Å². The lowest BCUT2D eigenvalue weighted by molar-refractivity contribution is 0.102. The predicted octanol–water partition coefficient (Wildman–Crippen LogP) is 4.12. The van der Waals surface area contributed by atoms with Crippen LogP contribution in [0.2, 0.25) is 0 Å². The molecule has 0 saturated heterocycles. The summed E-state index contributed by atoms with van der Waals surface area (Å²) >= 11 is 4.74. The Hall–Kier alpha value is -1.86. The molecule has 0 aliphatic carbocycles. The van der Waals surface area contributed by atoms with Gasteiger partial charge in [0.05, 0.1) is 17.6 Å². The lowest BCUT2D eigenvalue weighted by atomic mass is 10.2. The summed E-state index contributed by atoms with van der Waals surface area (Å²) in [6.45, 7) is 1.88. The lowest BCUT2D eigenvalue weighted by Gasteiger charge is -2.03. The maximum atomic E-state index is 12.2. The number of ketones is 1. The third-order valence-electron chi connectivity index (χ3n) is 3.43. The van der Waals surface area contributed by atoms with E-state index < -0.39 is 0 Å². The molecule has 0 saturated carbocycles. The number of halogens is 1. The van der Waals surface area contributed by atoms with Crippen LogP contribution in [0.4, 0.5) is 0 Å². The van der Waals surface area contributed by atoms with Crippen molar-refractivity contribution in [2.45, 2.75) is 12.1 Å². The van der Waals surface area contributed by atoms with Gasteiger partial charge < -0.3 is 8.98 Å². The van der Waals surface area contributed by atoms with E-state index in [-0.39, 0.29) is 5.78 Å². The van der Waals surface area contributed by atoms with E-state index in [4.69, 9.17) is 4.42 Å². The number of aryl methyl sites for hydroxylation is 1. The molecule has 0 unspecified atom stereocenters. The van der Waals surface area contributed by atoms with Crippen molar-refractivity contribution in [1.82, 2.24) is 14.8 Å². The molecule has 0 bridgehead atoms. The summed E-state index contributed by atoms with van der Waals surface area (Å²) < 4.78 is 8.13. The molecule has 23 heavy (non-hydrogen) atoms. The monoisotopic (exact) mass is 391 g/mol. The predicted molar refractivity (Wildman–Crippen MR) is 92.6 cm³/mol. The van der Waals surface area contributed by atoms with Crippen LogP contribution in [0.3, 0.4) is 0 Å². The van der Waals surface area contributed by atoms with Crippen LogP contribution in [0.15, 0.2) is 50.6 Å². The highest BCUT2D eigenvalue weighted by molar-refractivity contribution is 9.10. The van der Waals surface area contributed by atoms with E-state index in [0.717, 1.165) is 21.6 Å². The van der Waals surface area contributed by atoms with Gasteiger partial charge in [-0.2, -0.15) is 0 Å². The molecule has 2 heterocycles. The molecule has 5 nitrogen and oxygen atoms in total. The first-order valence-electron chi connectivity index (χ1n) is 6.91. The van der Waals surface area contributed by atoms with E-state index in [1.807, 2.05) is 48.9 Å². The fourth-order valence-corrected chi connectivity index (χ4v) is 3.21. The fourth-order valence-electron chi connectivity index (χ4n) is 2.14. The van der Waals surface area contributed by atoms with Gasteiger partial charge in [-0.15, -0.1) is 10.2 Å². The van der Waals surface area contributed by atoms with Crippen LogP contribution < -0.4 is 0 Å². The normalized spacial score (nSPS) is 10.9. The molecule has 0 atom stereocenters. The van der Waals surface area contributed by atoms with Crippen LogP contribution in [0.25, 0.3) is 11.4 Å². The van der Waals surface area contributed by atoms with Gasteiger partial charge in [0.2, 0.25) is 0 Å². The molecular formula is C16H14BrN3O2S. The van der Waals surface area contributed by atoms with Crippen molar-refractivity contribution in [3.63, 3.8) is 0 Å². The van der Waals surface area contributed by atoms with E-state index >= 15 is 0 Å². The van der Waals surface area contributed by atoms with Gasteiger partial charge in [-0.3, -0.25) is 4.79 Å². The first-order valence-corrected chi connectivity index (χ1v) is 8.69. The summed E-state index contributed by atoms with van der Waals surface area (Å²) in [4.78, 5) is 12.2. The second-order valence-corrected chi connectivity index (χ2v) is 6.83. The maximum Gasteiger partial charge on any atom is 0.191 e. The molecular weight excluding hydrogens is 378 g/mol. The highest BCUT2D eigenvalue weighted by atomic mass is 79.9. The number of nitrogens with zero attached hydrogens (tertiary/aromatic N) is 3. The number of benzene rings is 1. The van der Waals surface area contributed by atoms with E-state index in [0.29, 0.717) is 16.5 Å². The molecule has 0 aliphatic heterocycles. The summed E-state index contributed by atoms with van der Waals surface area (Å²) in [5.74, 6) is 1.90. The van der Waals surface area contributed by atoms with E-state index in [1.165, 1.54) is 11.8 Å². The summed E-state index contributed by atoms with van der Waals surface area (Å²) in [6, 6.07) is 9.20. The average Bonchev–Trinajstić information content (AvgIpc) is 3.11. The third-order valence-corrected chi connectivity index (χ3v) is 4.98. The molecule has 118 valence electrons. The van der Waals surface area contributed by atoms with Gasteiger partial charge in [-0.25, -0.2) is 0 Å². The number of carbonyl (C=O) groups excluding carboxylic acids is 1. The molecule has 0 radical (unpaired) electrons. The van der Waals surface area contributed by atoms with Gasteiger partial charge in [0.15, 0.2) is 16.8 Å². The molecule has 0 N–H and O–H groups in total. The molecule has 7 heteroatoms. The smallest absolute Gasteiger partial charge is 0.191 e. The minimum Gasteiger partial charge on any atom is -0.469 e. The Bertz CT molecular complexity index is 839. The Labute approximate surface area is 146 Å². The largest absolute Gasteiger partial charge is 0.469 e. The van der Waals surface area contributed by atoms with Crippen molar-refractivity contribution in [1.29, 1.82) is 0 Å². The molecule has 0 aliphatic rings. The van der Waals surface area contributed by atoms with Crippen molar-refractivity contribution in [2.75, 3.05) is 5.75 Å². The average molecular weight is 392 g/mol. The summed E-state index contributed by atoms with van der Waals surface area (Å²) in [5, 5.41) is 9.06. The first kappa shape index (κ1) is 16.0. The van der Waals surface area contributed by atoms with Crippen molar-refractivity contribution in [3.05, 3.63) is 52.4 Å². The number of Topliss-reactive ketones (excluding diaryl/α,β-unsaturated/α-hetero) is 1. The van der Waals surface area contributed by atoms with Gasteiger partial charge in [-0.1, -0.05) is 39.8 Å². The first-order chi connectivity index (χ1) is 11.1. The topological polar surface area (TPSA) is 60.9 Å². The van der Waals surface area contributed by atoms with Crippen LogP contribution in [-0.2, 0) is 7.05 Å². The second-order valence-electron chi connectivity index (χ2n) is 4.97. The lowest BCUT2D eigenvalue weighted by Crippen LogP contribution is -2.03. The van der Waals surface area contributed by atoms with Crippen LogP contribution in [0.1, 0.15) is 16.1 Å². The Kier molecular flexibility index (Phi) is 4.68. The molecule has 3 aromatic rings. The molecule has 1 aromatic carbocycles. The van der Waals surface area contributed by atoms with Crippen molar-refractivity contribution in [2.24, 2.45) is 7.05 Å². The maximum absolute atomic E-state index is 12.2. The van der Waals surface area contributed by atoms with Gasteiger partial charge in [0.25, 0.3) is 0 Å². The number of rotatable bonds is 5. The minimum absolute atomic E-state index is 0.0616. The van der Waals surface area contributed by atoms with Gasteiger partial charge in [0.1, 0.15) is 5.76 Å². The van der Waals surface area contributed by atoms with Crippen LogP contribution in [0, 0.1) is 6.92 Å². The molecule has 3 rings (SSSR count). The van der Waals surface area contributed by atoms with Crippen molar-refractivity contribution in [3.8, 4) is 11.4 Å². The number of furan rings is 1. The van der Waals surface area contributed by atoms with Crippen LogP contribution >= 0.6 is 27.7 Å². The number of hydrogen-bond acceptors (Lipinski definition) is 5. The third kappa shape index (κ3) is 3.40. The highest BCUT2D eigenvalue weighted by Crippen LogP contribution is 2.26. The standard InChI is InChI=1S/C16H14BrN3O2S/c1-10-13(7-8-22-10)15-18-19-16(20(15)2)23-9-14(21)11-3-5-12(17)6-4-11/h3-8H,9H2,1-2H3. The fraction of sp³-hybridized carbons (Fsp3) is 0.188. The van der Waals surface area contributed by atoms with Gasteiger partial charge >= 0.3 is 0 Å². The minimum atomic E-state index is 0.0616. The molecule has 0 spiro atoms. The van der Waals surface area contributed by atoms with Gasteiger partial charge in [0, 0.05) is 17.1 Å². The zero-order valence-electron chi connectivity index (χ0n) is 12.6. The Morgan fingerprint density at radius 2 is 2.00 bits per heavy atom. The number of carbonyl (C=O) groups is 1.